The van der Waals surface area contributed by atoms with Crippen LogP contribution in [0.2, 0.25) is 0 Å². The summed E-state index contributed by atoms with van der Waals surface area (Å²) < 4.78 is 0. The average molecular weight is 256 g/mol. The Kier molecular flexibility index (Phi) is 4.02. The Labute approximate surface area is 112 Å². The van der Waals surface area contributed by atoms with Crippen LogP contribution in [0.5, 0.6) is 0 Å². The summed E-state index contributed by atoms with van der Waals surface area (Å²) in [5.74, 6) is 0.303. The largest absolute Gasteiger partial charge is 0.388 e. The van der Waals surface area contributed by atoms with Gasteiger partial charge in [-0.1, -0.05) is 29.3 Å². The lowest BCUT2D eigenvalue weighted by atomic mass is 10.0. The van der Waals surface area contributed by atoms with Gasteiger partial charge in [0.2, 0.25) is 0 Å². The number of carbonyl (C=O) groups excluding carboxylic acids is 1. The highest BCUT2D eigenvalue weighted by atomic mass is 16.3. The molecule has 4 nitrogen and oxygen atoms in total. The zero-order valence-corrected chi connectivity index (χ0v) is 11.1. The lowest BCUT2D eigenvalue weighted by Crippen LogP contribution is -2.07. The number of Topliss-reactive ketones (excluding diaryl/α,β-unsaturated/α-hetero) is 1. The third-order valence-corrected chi connectivity index (χ3v) is 2.81. The number of hydrogen-bond acceptors (Lipinski definition) is 4. The van der Waals surface area contributed by atoms with E-state index in [1.807, 2.05) is 0 Å². The van der Waals surface area contributed by atoms with E-state index in [0.717, 1.165) is 5.56 Å². The van der Waals surface area contributed by atoms with Gasteiger partial charge < -0.3 is 5.11 Å². The van der Waals surface area contributed by atoms with E-state index in [1.54, 1.807) is 0 Å². The molecule has 0 saturated carbocycles. The van der Waals surface area contributed by atoms with Crippen LogP contribution in [0, 0.1) is 13.8 Å². The Morgan fingerprint density at radius 2 is 1.68 bits per heavy atom. The molecule has 0 unspecified atom stereocenters. The number of aromatic nitrogens is 2. The van der Waals surface area contributed by atoms with Crippen molar-refractivity contribution in [2.24, 2.45) is 0 Å². The Morgan fingerprint density at radius 1 is 1.11 bits per heavy atom. The van der Waals surface area contributed by atoms with Gasteiger partial charge in [0.15, 0.2) is 5.78 Å². The van der Waals surface area contributed by atoms with Crippen LogP contribution in [0.4, 0.5) is 0 Å². The molecule has 0 spiro atoms. The Balaban J connectivity index is 2.17. The number of aryl methyl sites for hydroxylation is 2. The minimum Gasteiger partial charge on any atom is -0.388 e. The number of carbonyl (C=O) groups is 1. The Bertz CT molecular complexity index is 571. The number of rotatable bonds is 4. The highest BCUT2D eigenvalue weighted by Crippen LogP contribution is 2.12. The number of aliphatic hydroxyl groups excluding tert-OH is 1. The fourth-order valence-electron chi connectivity index (χ4n) is 2.03. The van der Waals surface area contributed by atoms with Gasteiger partial charge >= 0.3 is 0 Å². The Hall–Kier alpha value is -2.07. The molecule has 4 heteroatoms. The van der Waals surface area contributed by atoms with Crippen molar-refractivity contribution in [3.8, 4) is 0 Å². The zero-order valence-electron chi connectivity index (χ0n) is 11.1. The molecular formula is C15H16N2O2. The minimum atomic E-state index is -0.514. The second-order valence-corrected chi connectivity index (χ2v) is 4.64. The summed E-state index contributed by atoms with van der Waals surface area (Å²) in [4.78, 5) is 19.6. The molecule has 0 atom stereocenters. The Morgan fingerprint density at radius 3 is 2.21 bits per heavy atom. The van der Waals surface area contributed by atoms with E-state index < -0.39 is 6.61 Å². The number of ketones is 1. The minimum absolute atomic E-state index is 0.340. The van der Waals surface area contributed by atoms with Gasteiger partial charge in [-0.15, -0.1) is 0 Å². The molecule has 0 bridgehead atoms. The highest BCUT2D eigenvalue weighted by molar-refractivity contribution is 5.96. The van der Waals surface area contributed by atoms with E-state index in [1.165, 1.54) is 23.5 Å². The van der Waals surface area contributed by atoms with Crippen LogP contribution in [0.25, 0.3) is 0 Å². The maximum Gasteiger partial charge on any atom is 0.191 e. The molecule has 0 amide bonds. The third-order valence-electron chi connectivity index (χ3n) is 2.81. The zero-order chi connectivity index (χ0) is 13.8. The summed E-state index contributed by atoms with van der Waals surface area (Å²) in [5.41, 5.74) is 3.91. The molecule has 0 fully saturated rings. The molecule has 2 rings (SSSR count). The van der Waals surface area contributed by atoms with Crippen LogP contribution in [0.3, 0.4) is 0 Å². The standard InChI is InChI=1S/C15H16N2O2/c1-10-3-11(2)5-12(4-10)6-15-16-7-13(8-17-15)14(19)9-18/h3-5,7-8,18H,6,9H2,1-2H3. The molecule has 98 valence electrons. The maximum atomic E-state index is 11.2. The van der Waals surface area contributed by atoms with Crippen molar-refractivity contribution in [3.63, 3.8) is 0 Å². The van der Waals surface area contributed by atoms with Gasteiger partial charge in [-0.05, 0) is 19.4 Å². The summed E-state index contributed by atoms with van der Waals surface area (Å²) in [6.07, 6.45) is 3.56. The number of hydrogen-bond donors (Lipinski definition) is 1. The first kappa shape index (κ1) is 13.4. The van der Waals surface area contributed by atoms with Crippen molar-refractivity contribution < 1.29 is 9.90 Å². The van der Waals surface area contributed by atoms with Crippen molar-refractivity contribution in [3.05, 3.63) is 58.7 Å². The molecule has 1 N–H and O–H groups in total. The van der Waals surface area contributed by atoms with E-state index in [2.05, 4.69) is 42.0 Å². The molecule has 1 aromatic heterocycles. The first-order valence-electron chi connectivity index (χ1n) is 6.10. The summed E-state index contributed by atoms with van der Waals surface area (Å²) in [6, 6.07) is 6.32. The average Bonchev–Trinajstić information content (AvgIpc) is 2.37. The maximum absolute atomic E-state index is 11.2. The SMILES string of the molecule is Cc1cc(C)cc(Cc2ncc(C(=O)CO)cn2)c1. The van der Waals surface area contributed by atoms with Crippen molar-refractivity contribution in [1.82, 2.24) is 9.97 Å². The van der Waals surface area contributed by atoms with E-state index in [4.69, 9.17) is 5.11 Å². The van der Waals surface area contributed by atoms with Crippen LogP contribution in [-0.2, 0) is 6.42 Å². The van der Waals surface area contributed by atoms with Crippen molar-refractivity contribution in [1.29, 1.82) is 0 Å². The molecule has 1 aromatic carbocycles. The number of aliphatic hydroxyl groups is 1. The van der Waals surface area contributed by atoms with Crippen LogP contribution < -0.4 is 0 Å². The van der Waals surface area contributed by atoms with Crippen molar-refractivity contribution >= 4 is 5.78 Å². The van der Waals surface area contributed by atoms with Gasteiger partial charge in [0.05, 0.1) is 5.56 Å². The first-order chi connectivity index (χ1) is 9.08. The predicted octanol–water partition coefficient (Wildman–Crippen LogP) is 1.86. The summed E-state index contributed by atoms with van der Waals surface area (Å²) >= 11 is 0. The van der Waals surface area contributed by atoms with Gasteiger partial charge in [0.1, 0.15) is 12.4 Å². The summed E-state index contributed by atoms with van der Waals surface area (Å²) in [5, 5.41) is 8.75. The van der Waals surface area contributed by atoms with Crippen molar-refractivity contribution in [2.75, 3.05) is 6.61 Å². The molecule has 19 heavy (non-hydrogen) atoms. The van der Waals surface area contributed by atoms with Gasteiger partial charge in [-0.2, -0.15) is 0 Å². The van der Waals surface area contributed by atoms with Crippen LogP contribution in [0.15, 0.2) is 30.6 Å². The second-order valence-electron chi connectivity index (χ2n) is 4.64. The van der Waals surface area contributed by atoms with E-state index in [-0.39, 0.29) is 5.78 Å². The fraction of sp³-hybridized carbons (Fsp3) is 0.267. The fourth-order valence-corrected chi connectivity index (χ4v) is 2.03. The second kappa shape index (κ2) is 5.71. The quantitative estimate of drug-likeness (QED) is 0.848. The van der Waals surface area contributed by atoms with E-state index >= 15 is 0 Å². The molecule has 0 saturated heterocycles. The van der Waals surface area contributed by atoms with Crippen LogP contribution in [-0.4, -0.2) is 27.5 Å². The van der Waals surface area contributed by atoms with Crippen LogP contribution >= 0.6 is 0 Å². The number of benzene rings is 1. The summed E-state index contributed by atoms with van der Waals surface area (Å²) in [7, 11) is 0. The molecule has 0 aliphatic carbocycles. The van der Waals surface area contributed by atoms with Gasteiger partial charge in [-0.3, -0.25) is 4.79 Å². The van der Waals surface area contributed by atoms with Gasteiger partial charge in [0.25, 0.3) is 0 Å². The molecule has 0 aliphatic rings. The first-order valence-corrected chi connectivity index (χ1v) is 6.10. The molecule has 1 heterocycles. The predicted molar refractivity (Wildman–Crippen MR) is 72.2 cm³/mol. The molecule has 2 aromatic rings. The van der Waals surface area contributed by atoms with Crippen LogP contribution in [0.1, 0.15) is 32.9 Å². The number of nitrogens with zero attached hydrogens (tertiary/aromatic N) is 2. The summed E-state index contributed by atoms with van der Waals surface area (Å²) in [6.45, 7) is 3.60. The lowest BCUT2D eigenvalue weighted by Gasteiger charge is -2.04. The highest BCUT2D eigenvalue weighted by Gasteiger charge is 2.06. The van der Waals surface area contributed by atoms with Gasteiger partial charge in [0, 0.05) is 18.8 Å². The smallest absolute Gasteiger partial charge is 0.191 e. The normalized spacial score (nSPS) is 10.5. The topological polar surface area (TPSA) is 63.1 Å². The van der Waals surface area contributed by atoms with Crippen molar-refractivity contribution in [2.45, 2.75) is 20.3 Å². The molecular weight excluding hydrogens is 240 g/mol. The van der Waals surface area contributed by atoms with E-state index in [0.29, 0.717) is 17.8 Å². The monoisotopic (exact) mass is 256 g/mol. The molecule has 0 radical (unpaired) electrons. The lowest BCUT2D eigenvalue weighted by molar-refractivity contribution is 0.0903. The molecule has 0 aliphatic heterocycles. The van der Waals surface area contributed by atoms with E-state index in [9.17, 15) is 4.79 Å². The third kappa shape index (κ3) is 3.45. The van der Waals surface area contributed by atoms with Gasteiger partial charge in [-0.25, -0.2) is 9.97 Å².